The van der Waals surface area contributed by atoms with Gasteiger partial charge < -0.3 is 0 Å². The van der Waals surface area contributed by atoms with E-state index in [1.807, 2.05) is 36.4 Å². The molecule has 0 N–H and O–H groups in total. The molecule has 0 heterocycles. The molecule has 0 saturated carbocycles. The Bertz CT molecular complexity index is 752. The van der Waals surface area contributed by atoms with Crippen molar-refractivity contribution < 1.29 is 4.79 Å². The topological polar surface area (TPSA) is 17.1 Å². The van der Waals surface area contributed by atoms with Gasteiger partial charge in [-0.2, -0.15) is 0 Å². The first-order valence-corrected chi connectivity index (χ1v) is 7.40. The van der Waals surface area contributed by atoms with E-state index in [0.717, 1.165) is 17.6 Å². The number of allylic oxidation sites excluding steroid dienone is 4. The minimum Gasteiger partial charge on any atom is -0.289 e. The SMILES string of the molecule is O=C(C1=C[C@H]2Cc3ccccc3[C@H]2C=C1)c1ccccc1. The van der Waals surface area contributed by atoms with Gasteiger partial charge in [-0.15, -0.1) is 0 Å². The monoisotopic (exact) mass is 272 g/mol. The fourth-order valence-corrected chi connectivity index (χ4v) is 3.47. The summed E-state index contributed by atoms with van der Waals surface area (Å²) in [5.74, 6) is 0.991. The summed E-state index contributed by atoms with van der Waals surface area (Å²) in [6.07, 6.45) is 7.40. The summed E-state index contributed by atoms with van der Waals surface area (Å²) in [7, 11) is 0. The van der Waals surface area contributed by atoms with Gasteiger partial charge in [0, 0.05) is 17.1 Å². The molecule has 0 fully saturated rings. The first-order valence-electron chi connectivity index (χ1n) is 7.40. The third-order valence-corrected chi connectivity index (χ3v) is 4.51. The van der Waals surface area contributed by atoms with Crippen LogP contribution in [0.1, 0.15) is 27.4 Å². The smallest absolute Gasteiger partial charge is 0.192 e. The number of hydrogen-bond acceptors (Lipinski definition) is 1. The number of hydrogen-bond donors (Lipinski definition) is 0. The van der Waals surface area contributed by atoms with Crippen LogP contribution in [0.15, 0.2) is 78.4 Å². The Labute approximate surface area is 124 Å². The fraction of sp³-hybridized carbons (Fsp3) is 0.150. The van der Waals surface area contributed by atoms with E-state index in [0.29, 0.717) is 11.8 Å². The van der Waals surface area contributed by atoms with E-state index in [4.69, 9.17) is 0 Å². The molecular formula is C20H16O. The zero-order chi connectivity index (χ0) is 14.2. The van der Waals surface area contributed by atoms with Crippen molar-refractivity contribution in [2.24, 2.45) is 5.92 Å². The average Bonchev–Trinajstić information content (AvgIpc) is 2.92. The van der Waals surface area contributed by atoms with E-state index in [9.17, 15) is 4.79 Å². The number of rotatable bonds is 2. The molecular weight excluding hydrogens is 256 g/mol. The Hall–Kier alpha value is -2.41. The van der Waals surface area contributed by atoms with Gasteiger partial charge in [0.15, 0.2) is 5.78 Å². The molecule has 2 aromatic carbocycles. The number of ketones is 1. The van der Waals surface area contributed by atoms with E-state index < -0.39 is 0 Å². The second-order valence-corrected chi connectivity index (χ2v) is 5.77. The molecule has 2 atom stereocenters. The molecule has 0 radical (unpaired) electrons. The summed E-state index contributed by atoms with van der Waals surface area (Å²) in [6.45, 7) is 0. The largest absolute Gasteiger partial charge is 0.289 e. The van der Waals surface area contributed by atoms with Crippen LogP contribution in [0.25, 0.3) is 0 Å². The van der Waals surface area contributed by atoms with Gasteiger partial charge >= 0.3 is 0 Å². The molecule has 102 valence electrons. The molecule has 21 heavy (non-hydrogen) atoms. The number of Topliss-reactive ketones (excluding diaryl/α,β-unsaturated/α-hetero) is 1. The maximum Gasteiger partial charge on any atom is 0.192 e. The number of carbonyl (C=O) groups excluding carboxylic acids is 1. The van der Waals surface area contributed by atoms with Crippen LogP contribution >= 0.6 is 0 Å². The second kappa shape index (κ2) is 4.85. The molecule has 0 unspecified atom stereocenters. The van der Waals surface area contributed by atoms with Crippen LogP contribution in [0.2, 0.25) is 0 Å². The van der Waals surface area contributed by atoms with Gasteiger partial charge in [0.1, 0.15) is 0 Å². The molecule has 2 aromatic rings. The Morgan fingerprint density at radius 2 is 1.71 bits per heavy atom. The predicted octanol–water partition coefficient (Wildman–Crippen LogP) is 4.32. The minimum atomic E-state index is 0.126. The van der Waals surface area contributed by atoms with Crippen LogP contribution in [0, 0.1) is 5.92 Å². The highest BCUT2D eigenvalue weighted by molar-refractivity contribution is 6.10. The molecule has 2 aliphatic carbocycles. The van der Waals surface area contributed by atoms with Crippen molar-refractivity contribution in [1.82, 2.24) is 0 Å². The zero-order valence-electron chi connectivity index (χ0n) is 11.7. The molecule has 4 rings (SSSR count). The van der Waals surface area contributed by atoms with Crippen molar-refractivity contribution in [3.8, 4) is 0 Å². The number of benzene rings is 2. The lowest BCUT2D eigenvalue weighted by molar-refractivity contribution is 0.103. The summed E-state index contributed by atoms with van der Waals surface area (Å²) in [5, 5.41) is 0. The predicted molar refractivity (Wildman–Crippen MR) is 84.4 cm³/mol. The van der Waals surface area contributed by atoms with Crippen LogP contribution in [0.4, 0.5) is 0 Å². The molecule has 0 aromatic heterocycles. The molecule has 0 bridgehead atoms. The highest BCUT2D eigenvalue weighted by atomic mass is 16.1. The van der Waals surface area contributed by atoms with Crippen molar-refractivity contribution in [2.45, 2.75) is 12.3 Å². The standard InChI is InChI=1S/C20H16O/c21-20(14-6-2-1-3-7-14)16-10-11-19-17(13-16)12-15-8-4-5-9-18(15)19/h1-11,13,17,19H,12H2/t17-,19+/m1/s1. The van der Waals surface area contributed by atoms with Crippen molar-refractivity contribution in [3.05, 3.63) is 95.1 Å². The van der Waals surface area contributed by atoms with Crippen LogP contribution < -0.4 is 0 Å². The molecule has 2 aliphatic rings. The van der Waals surface area contributed by atoms with E-state index in [1.54, 1.807) is 0 Å². The third kappa shape index (κ3) is 2.06. The van der Waals surface area contributed by atoms with Crippen LogP contribution in [-0.2, 0) is 6.42 Å². The summed E-state index contributed by atoms with van der Waals surface area (Å²) in [5.41, 5.74) is 4.43. The maximum atomic E-state index is 12.5. The van der Waals surface area contributed by atoms with Crippen molar-refractivity contribution in [1.29, 1.82) is 0 Å². The fourth-order valence-electron chi connectivity index (χ4n) is 3.47. The van der Waals surface area contributed by atoms with Crippen molar-refractivity contribution >= 4 is 5.78 Å². The van der Waals surface area contributed by atoms with Gasteiger partial charge in [0.25, 0.3) is 0 Å². The van der Waals surface area contributed by atoms with Gasteiger partial charge in [0.2, 0.25) is 0 Å². The molecule has 0 amide bonds. The number of fused-ring (bicyclic) bond motifs is 3. The Kier molecular flexibility index (Phi) is 2.85. The Balaban J connectivity index is 1.65. The molecule has 1 nitrogen and oxygen atoms in total. The lowest BCUT2D eigenvalue weighted by Gasteiger charge is -2.19. The Morgan fingerprint density at radius 3 is 2.57 bits per heavy atom. The van der Waals surface area contributed by atoms with E-state index in [-0.39, 0.29) is 5.78 Å². The van der Waals surface area contributed by atoms with Crippen LogP contribution in [0.5, 0.6) is 0 Å². The maximum absolute atomic E-state index is 12.5. The summed E-state index contributed by atoms with van der Waals surface area (Å²) in [6, 6.07) is 18.1. The van der Waals surface area contributed by atoms with Gasteiger partial charge in [-0.25, -0.2) is 0 Å². The minimum absolute atomic E-state index is 0.126. The lowest BCUT2D eigenvalue weighted by atomic mass is 9.84. The highest BCUT2D eigenvalue weighted by Gasteiger charge is 2.31. The summed E-state index contributed by atoms with van der Waals surface area (Å²) in [4.78, 5) is 12.5. The van der Waals surface area contributed by atoms with Crippen molar-refractivity contribution in [2.75, 3.05) is 0 Å². The highest BCUT2D eigenvalue weighted by Crippen LogP contribution is 2.42. The summed E-state index contributed by atoms with van der Waals surface area (Å²) >= 11 is 0. The zero-order valence-corrected chi connectivity index (χ0v) is 11.7. The third-order valence-electron chi connectivity index (χ3n) is 4.51. The van der Waals surface area contributed by atoms with Gasteiger partial charge in [-0.05, 0) is 23.5 Å². The van der Waals surface area contributed by atoms with Crippen molar-refractivity contribution in [3.63, 3.8) is 0 Å². The Morgan fingerprint density at radius 1 is 0.952 bits per heavy atom. The first-order chi connectivity index (χ1) is 10.3. The van der Waals surface area contributed by atoms with E-state index in [1.165, 1.54) is 11.1 Å². The molecule has 0 aliphatic heterocycles. The molecule has 1 heteroatoms. The van der Waals surface area contributed by atoms with Gasteiger partial charge in [-0.1, -0.05) is 72.8 Å². The second-order valence-electron chi connectivity index (χ2n) is 5.77. The van der Waals surface area contributed by atoms with E-state index >= 15 is 0 Å². The lowest BCUT2D eigenvalue weighted by Crippen LogP contribution is -2.12. The van der Waals surface area contributed by atoms with Gasteiger partial charge in [0.05, 0.1) is 0 Å². The van der Waals surface area contributed by atoms with Gasteiger partial charge in [-0.3, -0.25) is 4.79 Å². The average molecular weight is 272 g/mol. The van der Waals surface area contributed by atoms with Crippen LogP contribution in [0.3, 0.4) is 0 Å². The number of carbonyl (C=O) groups is 1. The van der Waals surface area contributed by atoms with Crippen LogP contribution in [-0.4, -0.2) is 5.78 Å². The quantitative estimate of drug-likeness (QED) is 0.744. The molecule has 0 saturated heterocycles. The molecule has 0 spiro atoms. The first kappa shape index (κ1) is 12.3. The van der Waals surface area contributed by atoms with E-state index in [2.05, 4.69) is 36.4 Å². The normalized spacial score (nSPS) is 22.4. The summed E-state index contributed by atoms with van der Waals surface area (Å²) < 4.78 is 0.